The van der Waals surface area contributed by atoms with E-state index in [9.17, 15) is 36.0 Å². The number of rotatable bonds is 4. The molecule has 1 aliphatic carbocycles. The van der Waals surface area contributed by atoms with Crippen molar-refractivity contribution in [2.45, 2.75) is 28.5 Å². The number of hydrogen-bond acceptors (Lipinski definition) is 2. The van der Waals surface area contributed by atoms with Gasteiger partial charge in [0.15, 0.2) is 0 Å². The molecule has 1 aromatic carbocycles. The Kier molecular flexibility index (Phi) is 6.15. The lowest BCUT2D eigenvalue weighted by atomic mass is 9.90. The summed E-state index contributed by atoms with van der Waals surface area (Å²) in [5.74, 6) is -6.28. The summed E-state index contributed by atoms with van der Waals surface area (Å²) in [6, 6.07) is 7.02. The van der Waals surface area contributed by atoms with Crippen molar-refractivity contribution in [2.75, 3.05) is 0 Å². The minimum atomic E-state index is -6.45. The maximum absolute atomic E-state index is 14.2. The fraction of sp³-hybridized carbons (Fsp3) is 0.312. The number of benzene rings is 1. The van der Waals surface area contributed by atoms with Crippen LogP contribution in [0.15, 0.2) is 45.4 Å². The fourth-order valence-electron chi connectivity index (χ4n) is 2.40. The predicted octanol–water partition coefficient (Wildman–Crippen LogP) is 7.24. The number of hydrogen-bond donors (Lipinski definition) is 0. The van der Waals surface area contributed by atoms with Crippen LogP contribution in [-0.2, 0) is 4.75 Å². The Morgan fingerprint density at radius 2 is 1.48 bits per heavy atom. The van der Waals surface area contributed by atoms with E-state index in [1.165, 1.54) is 24.3 Å². The highest BCUT2D eigenvalue weighted by atomic mass is 79.9. The molecule has 0 heterocycles. The first-order chi connectivity index (χ1) is 12.3. The van der Waals surface area contributed by atoms with Crippen LogP contribution in [-0.4, -0.2) is 17.4 Å². The summed E-state index contributed by atoms with van der Waals surface area (Å²) in [4.78, 5) is 0. The molecule has 1 nitrogen and oxygen atoms in total. The van der Waals surface area contributed by atoms with E-state index >= 15 is 0 Å². The molecule has 0 aromatic heterocycles. The van der Waals surface area contributed by atoms with Crippen LogP contribution in [0.25, 0.3) is 0 Å². The van der Waals surface area contributed by atoms with Gasteiger partial charge in [0.05, 0.1) is 16.4 Å². The second-order valence-corrected chi connectivity index (χ2v) is 8.93. The third-order valence-corrected chi connectivity index (χ3v) is 5.89. The first-order valence-electron chi connectivity index (χ1n) is 7.02. The molecule has 1 aliphatic rings. The van der Waals surface area contributed by atoms with Crippen LogP contribution < -0.4 is 0 Å². The molecular formula is C16H8Br2F7NS. The van der Waals surface area contributed by atoms with Gasteiger partial charge in [-0.15, -0.1) is 0 Å². The molecule has 2 rings (SSSR count). The number of thioether (sulfide) groups is 1. The minimum absolute atomic E-state index is 0.133. The Bertz CT molecular complexity index is 822. The van der Waals surface area contributed by atoms with Gasteiger partial charge in [-0.05, 0) is 32.7 Å². The predicted molar refractivity (Wildman–Crippen MR) is 95.0 cm³/mol. The molecule has 0 fully saturated rings. The number of nitrogens with zero attached hydrogens (tertiary/aromatic N) is 1. The fourth-order valence-corrected chi connectivity index (χ4v) is 5.77. The number of allylic oxidation sites excluding steroid dienone is 2. The van der Waals surface area contributed by atoms with Crippen LogP contribution in [0.1, 0.15) is 17.5 Å². The zero-order chi connectivity index (χ0) is 20.7. The molecule has 1 aromatic rings. The standard InChI is InChI=1S/C16H8Br2F7NS/c17-10-5-11(18)7-13(6-10,12-4-2-1-3-9(12)8-26)27-16(24,25)14(19,20)15(21,22)23/h1-4,6-7H,5H2. The average molecular weight is 539 g/mol. The van der Waals surface area contributed by atoms with Crippen LogP contribution in [0.2, 0.25) is 0 Å². The molecule has 27 heavy (non-hydrogen) atoms. The van der Waals surface area contributed by atoms with Crippen LogP contribution in [0.5, 0.6) is 0 Å². The van der Waals surface area contributed by atoms with Crippen molar-refractivity contribution in [2.24, 2.45) is 0 Å². The Balaban J connectivity index is 2.70. The van der Waals surface area contributed by atoms with Gasteiger partial charge in [0, 0.05) is 6.42 Å². The van der Waals surface area contributed by atoms with E-state index < -0.39 is 33.9 Å². The Morgan fingerprint density at radius 3 is 1.96 bits per heavy atom. The first-order valence-corrected chi connectivity index (χ1v) is 9.42. The molecule has 146 valence electrons. The van der Waals surface area contributed by atoms with Crippen molar-refractivity contribution in [3.63, 3.8) is 0 Å². The second kappa shape index (κ2) is 7.44. The topological polar surface area (TPSA) is 23.8 Å². The summed E-state index contributed by atoms with van der Waals surface area (Å²) in [6.07, 6.45) is -4.06. The zero-order valence-corrected chi connectivity index (χ0v) is 16.9. The molecule has 0 saturated heterocycles. The van der Waals surface area contributed by atoms with Crippen molar-refractivity contribution < 1.29 is 30.7 Å². The van der Waals surface area contributed by atoms with E-state index in [2.05, 4.69) is 31.9 Å². The summed E-state index contributed by atoms with van der Waals surface area (Å²) < 4.78 is 91.6. The smallest absolute Gasteiger partial charge is 0.192 e. The van der Waals surface area contributed by atoms with E-state index in [0.29, 0.717) is 0 Å². The summed E-state index contributed by atoms with van der Waals surface area (Å²) >= 11 is 5.30. The first kappa shape index (κ1) is 22.3. The lowest BCUT2D eigenvalue weighted by Crippen LogP contribution is -2.51. The zero-order valence-electron chi connectivity index (χ0n) is 12.9. The highest BCUT2D eigenvalue weighted by Gasteiger charge is 2.74. The normalized spacial score (nSPS) is 17.8. The largest absolute Gasteiger partial charge is 0.460 e. The molecule has 0 N–H and O–H groups in total. The van der Waals surface area contributed by atoms with Gasteiger partial charge < -0.3 is 0 Å². The maximum Gasteiger partial charge on any atom is 0.460 e. The van der Waals surface area contributed by atoms with Crippen molar-refractivity contribution in [3.05, 3.63) is 56.5 Å². The Labute approximate surface area is 170 Å². The van der Waals surface area contributed by atoms with Gasteiger partial charge >= 0.3 is 17.4 Å². The van der Waals surface area contributed by atoms with E-state index in [4.69, 9.17) is 0 Å². The quantitative estimate of drug-likeness (QED) is 0.377. The highest BCUT2D eigenvalue weighted by molar-refractivity contribution is 9.12. The minimum Gasteiger partial charge on any atom is -0.192 e. The third-order valence-electron chi connectivity index (χ3n) is 3.57. The van der Waals surface area contributed by atoms with Crippen molar-refractivity contribution in [3.8, 4) is 6.07 Å². The van der Waals surface area contributed by atoms with E-state index in [-0.39, 0.29) is 26.5 Å². The molecule has 0 saturated carbocycles. The number of nitriles is 1. The van der Waals surface area contributed by atoms with Crippen LogP contribution in [0.4, 0.5) is 30.7 Å². The van der Waals surface area contributed by atoms with Crippen LogP contribution in [0.3, 0.4) is 0 Å². The van der Waals surface area contributed by atoms with Crippen molar-refractivity contribution >= 4 is 43.6 Å². The van der Waals surface area contributed by atoms with Gasteiger partial charge in [0.25, 0.3) is 0 Å². The van der Waals surface area contributed by atoms with E-state index in [1.807, 2.05) is 0 Å². The van der Waals surface area contributed by atoms with Gasteiger partial charge in [0.2, 0.25) is 0 Å². The lowest BCUT2D eigenvalue weighted by Gasteiger charge is -2.37. The van der Waals surface area contributed by atoms with Gasteiger partial charge in [0.1, 0.15) is 0 Å². The van der Waals surface area contributed by atoms with E-state index in [0.717, 1.165) is 12.2 Å². The molecule has 0 spiro atoms. The van der Waals surface area contributed by atoms with Gasteiger partial charge in [-0.1, -0.05) is 61.8 Å². The molecule has 0 radical (unpaired) electrons. The lowest BCUT2D eigenvalue weighted by molar-refractivity contribution is -0.330. The average Bonchev–Trinajstić information content (AvgIpc) is 2.52. The molecule has 11 heteroatoms. The van der Waals surface area contributed by atoms with E-state index in [1.54, 1.807) is 6.07 Å². The van der Waals surface area contributed by atoms with Gasteiger partial charge in [-0.25, -0.2) is 0 Å². The SMILES string of the molecule is N#Cc1ccccc1C1(SC(F)(F)C(F)(F)C(F)(F)F)C=C(Br)CC(Br)=C1. The summed E-state index contributed by atoms with van der Waals surface area (Å²) in [6.45, 7) is 0. The molecule has 0 amide bonds. The Hall–Kier alpha value is -0.990. The number of alkyl halides is 7. The molecule has 0 atom stereocenters. The second-order valence-electron chi connectivity index (χ2n) is 5.50. The number of halogens is 9. The molecule has 0 aliphatic heterocycles. The molecule has 0 unspecified atom stereocenters. The maximum atomic E-state index is 14.2. The van der Waals surface area contributed by atoms with Crippen LogP contribution in [0, 0.1) is 11.3 Å². The van der Waals surface area contributed by atoms with Crippen LogP contribution >= 0.6 is 43.6 Å². The van der Waals surface area contributed by atoms with Gasteiger partial charge in [-0.3, -0.25) is 0 Å². The van der Waals surface area contributed by atoms with Gasteiger partial charge in [-0.2, -0.15) is 36.0 Å². The van der Waals surface area contributed by atoms with Crippen molar-refractivity contribution in [1.29, 1.82) is 5.26 Å². The Morgan fingerprint density at radius 1 is 0.963 bits per heavy atom. The summed E-state index contributed by atoms with van der Waals surface area (Å²) in [7, 11) is 0. The third kappa shape index (κ3) is 4.22. The monoisotopic (exact) mass is 537 g/mol. The molecule has 0 bridgehead atoms. The summed E-state index contributed by atoms with van der Waals surface area (Å²) in [5, 5.41) is 3.73. The molecular weight excluding hydrogens is 531 g/mol. The van der Waals surface area contributed by atoms with Crippen molar-refractivity contribution in [1.82, 2.24) is 0 Å². The highest BCUT2D eigenvalue weighted by Crippen LogP contribution is 2.60. The summed E-state index contributed by atoms with van der Waals surface area (Å²) in [5.41, 5.74) is -0.269.